The normalized spacial score (nSPS) is 15.0. The van der Waals surface area contributed by atoms with Gasteiger partial charge in [-0.15, -0.1) is 0 Å². The number of anilines is 1. The van der Waals surface area contributed by atoms with Crippen molar-refractivity contribution in [3.05, 3.63) is 65.7 Å². The van der Waals surface area contributed by atoms with Crippen molar-refractivity contribution < 1.29 is 14.3 Å². The third-order valence-corrected chi connectivity index (χ3v) is 4.76. The van der Waals surface area contributed by atoms with Crippen molar-refractivity contribution in [2.24, 2.45) is 0 Å². The molecule has 1 atom stereocenters. The van der Waals surface area contributed by atoms with Crippen LogP contribution in [0.2, 0.25) is 0 Å². The number of hydrogen-bond donors (Lipinski definition) is 1. The van der Waals surface area contributed by atoms with Gasteiger partial charge in [0, 0.05) is 37.4 Å². The van der Waals surface area contributed by atoms with Gasteiger partial charge in [0.2, 0.25) is 5.91 Å². The fourth-order valence-corrected chi connectivity index (χ4v) is 3.17. The van der Waals surface area contributed by atoms with Crippen molar-refractivity contribution >= 4 is 17.5 Å². The zero-order valence-electron chi connectivity index (χ0n) is 15.7. The fourth-order valence-electron chi connectivity index (χ4n) is 3.17. The third kappa shape index (κ3) is 5.17. The van der Waals surface area contributed by atoms with Gasteiger partial charge in [-0.05, 0) is 49.6 Å². The monoisotopic (exact) mass is 366 g/mol. The summed E-state index contributed by atoms with van der Waals surface area (Å²) in [7, 11) is 0. The molecule has 2 aromatic carbocycles. The SMILES string of the molecule is CC(OCCCNC(=O)c1ccc(N2CCCC2=O)cc1)c1ccccc1. The van der Waals surface area contributed by atoms with Crippen LogP contribution in [0.15, 0.2) is 54.6 Å². The molecule has 0 aliphatic carbocycles. The molecule has 1 heterocycles. The number of hydrogen-bond acceptors (Lipinski definition) is 3. The first-order valence-electron chi connectivity index (χ1n) is 9.50. The Morgan fingerprint density at radius 1 is 1.15 bits per heavy atom. The highest BCUT2D eigenvalue weighted by Gasteiger charge is 2.21. The Morgan fingerprint density at radius 2 is 1.89 bits per heavy atom. The molecule has 1 aliphatic rings. The van der Waals surface area contributed by atoms with Gasteiger partial charge in [-0.1, -0.05) is 30.3 Å². The molecule has 2 aromatic rings. The summed E-state index contributed by atoms with van der Waals surface area (Å²) in [6.45, 7) is 3.94. The Bertz CT molecular complexity index is 759. The van der Waals surface area contributed by atoms with Crippen molar-refractivity contribution in [1.29, 1.82) is 0 Å². The van der Waals surface area contributed by atoms with E-state index in [-0.39, 0.29) is 17.9 Å². The molecule has 27 heavy (non-hydrogen) atoms. The average molecular weight is 366 g/mol. The van der Waals surface area contributed by atoms with Crippen molar-refractivity contribution in [3.63, 3.8) is 0 Å². The largest absolute Gasteiger partial charge is 0.374 e. The highest BCUT2D eigenvalue weighted by atomic mass is 16.5. The van der Waals surface area contributed by atoms with E-state index >= 15 is 0 Å². The minimum atomic E-state index is -0.106. The average Bonchev–Trinajstić information content (AvgIpc) is 3.14. The molecule has 1 N–H and O–H groups in total. The van der Waals surface area contributed by atoms with Crippen molar-refractivity contribution in [1.82, 2.24) is 5.32 Å². The highest BCUT2D eigenvalue weighted by molar-refractivity contribution is 5.97. The highest BCUT2D eigenvalue weighted by Crippen LogP contribution is 2.21. The van der Waals surface area contributed by atoms with Gasteiger partial charge < -0.3 is 15.0 Å². The Kier molecular flexibility index (Phi) is 6.60. The van der Waals surface area contributed by atoms with E-state index < -0.39 is 0 Å². The maximum absolute atomic E-state index is 12.2. The van der Waals surface area contributed by atoms with Gasteiger partial charge in [-0.2, -0.15) is 0 Å². The van der Waals surface area contributed by atoms with Gasteiger partial charge in [-0.3, -0.25) is 9.59 Å². The molecule has 142 valence electrons. The summed E-state index contributed by atoms with van der Waals surface area (Å²) in [5, 5.41) is 2.91. The molecule has 1 saturated heterocycles. The first kappa shape index (κ1) is 19.1. The summed E-state index contributed by atoms with van der Waals surface area (Å²) < 4.78 is 5.81. The molecule has 0 aromatic heterocycles. The second-order valence-corrected chi connectivity index (χ2v) is 6.73. The Morgan fingerprint density at radius 3 is 2.56 bits per heavy atom. The number of benzene rings is 2. The lowest BCUT2D eigenvalue weighted by Crippen LogP contribution is -2.26. The van der Waals surface area contributed by atoms with Gasteiger partial charge in [0.1, 0.15) is 0 Å². The topological polar surface area (TPSA) is 58.6 Å². The molecule has 1 fully saturated rings. The predicted molar refractivity (Wildman–Crippen MR) is 106 cm³/mol. The van der Waals surface area contributed by atoms with Crippen molar-refractivity contribution in [2.75, 3.05) is 24.6 Å². The van der Waals surface area contributed by atoms with Gasteiger partial charge in [-0.25, -0.2) is 0 Å². The van der Waals surface area contributed by atoms with Crippen LogP contribution in [0.3, 0.4) is 0 Å². The van der Waals surface area contributed by atoms with E-state index in [9.17, 15) is 9.59 Å². The van der Waals surface area contributed by atoms with Crippen molar-refractivity contribution in [3.8, 4) is 0 Å². The van der Waals surface area contributed by atoms with E-state index in [4.69, 9.17) is 4.74 Å². The number of nitrogens with zero attached hydrogens (tertiary/aromatic N) is 1. The quantitative estimate of drug-likeness (QED) is 0.725. The van der Waals surface area contributed by atoms with Gasteiger partial charge in [0.05, 0.1) is 6.10 Å². The number of rotatable bonds is 8. The standard InChI is InChI=1S/C22H26N2O3/c1-17(18-7-3-2-4-8-18)27-16-6-14-23-22(26)19-10-12-20(13-11-19)24-15-5-9-21(24)25/h2-4,7-8,10-13,17H,5-6,9,14-16H2,1H3,(H,23,26). The number of carbonyl (C=O) groups is 2. The van der Waals surface area contributed by atoms with E-state index in [1.165, 1.54) is 0 Å². The minimum Gasteiger partial charge on any atom is -0.374 e. The summed E-state index contributed by atoms with van der Waals surface area (Å²) in [6, 6.07) is 17.3. The van der Waals surface area contributed by atoms with Gasteiger partial charge in [0.25, 0.3) is 5.91 Å². The second kappa shape index (κ2) is 9.33. The van der Waals surface area contributed by atoms with E-state index in [2.05, 4.69) is 5.32 Å². The van der Waals surface area contributed by atoms with Gasteiger partial charge in [0.15, 0.2) is 0 Å². The molecule has 2 amide bonds. The second-order valence-electron chi connectivity index (χ2n) is 6.73. The summed E-state index contributed by atoms with van der Waals surface area (Å²) in [6.07, 6.45) is 2.30. The molecule has 0 radical (unpaired) electrons. The summed E-state index contributed by atoms with van der Waals surface area (Å²) in [4.78, 5) is 25.8. The molecule has 5 heteroatoms. The van der Waals surface area contributed by atoms with E-state index in [0.29, 0.717) is 25.1 Å². The Labute approximate surface area is 160 Å². The third-order valence-electron chi connectivity index (χ3n) is 4.76. The number of nitrogens with one attached hydrogen (secondary N) is 1. The van der Waals surface area contributed by atoms with Crippen LogP contribution < -0.4 is 10.2 Å². The predicted octanol–water partition coefficient (Wildman–Crippen LogP) is 3.71. The van der Waals surface area contributed by atoms with Gasteiger partial charge >= 0.3 is 0 Å². The maximum Gasteiger partial charge on any atom is 0.251 e. The van der Waals surface area contributed by atoms with Crippen LogP contribution in [0.5, 0.6) is 0 Å². The van der Waals surface area contributed by atoms with Crippen molar-refractivity contribution in [2.45, 2.75) is 32.3 Å². The van der Waals surface area contributed by atoms with Crippen LogP contribution in [-0.4, -0.2) is 31.5 Å². The molecule has 0 saturated carbocycles. The molecular formula is C22H26N2O3. The molecule has 1 unspecified atom stereocenters. The lowest BCUT2D eigenvalue weighted by Gasteiger charge is -2.16. The lowest BCUT2D eigenvalue weighted by atomic mass is 10.1. The molecule has 1 aliphatic heterocycles. The minimum absolute atomic E-state index is 0.0442. The van der Waals surface area contributed by atoms with E-state index in [1.54, 1.807) is 17.0 Å². The summed E-state index contributed by atoms with van der Waals surface area (Å²) in [5.41, 5.74) is 2.61. The fraction of sp³-hybridized carbons (Fsp3) is 0.364. The van der Waals surface area contributed by atoms with E-state index in [1.807, 2.05) is 49.4 Å². The molecule has 0 spiro atoms. The molecule has 5 nitrogen and oxygen atoms in total. The van der Waals surface area contributed by atoms with E-state index in [0.717, 1.165) is 30.6 Å². The zero-order chi connectivity index (χ0) is 19.1. The molecule has 3 rings (SSSR count). The van der Waals surface area contributed by atoms with Crippen LogP contribution in [0.1, 0.15) is 48.2 Å². The lowest BCUT2D eigenvalue weighted by molar-refractivity contribution is -0.117. The Balaban J connectivity index is 1.38. The van der Waals surface area contributed by atoms with Crippen LogP contribution in [-0.2, 0) is 9.53 Å². The van der Waals surface area contributed by atoms with Crippen LogP contribution in [0.25, 0.3) is 0 Å². The number of carbonyl (C=O) groups excluding carboxylic acids is 2. The molecule has 0 bridgehead atoms. The first-order chi connectivity index (χ1) is 13.1. The summed E-state index contributed by atoms with van der Waals surface area (Å²) >= 11 is 0. The smallest absolute Gasteiger partial charge is 0.251 e. The zero-order valence-corrected chi connectivity index (χ0v) is 15.7. The number of ether oxygens (including phenoxy) is 1. The maximum atomic E-state index is 12.2. The van der Waals surface area contributed by atoms with Crippen LogP contribution in [0, 0.1) is 0 Å². The summed E-state index contributed by atoms with van der Waals surface area (Å²) in [5.74, 6) is 0.0438. The number of amides is 2. The Hall–Kier alpha value is -2.66. The molecular weight excluding hydrogens is 340 g/mol. The first-order valence-corrected chi connectivity index (χ1v) is 9.50. The van der Waals surface area contributed by atoms with Crippen LogP contribution >= 0.6 is 0 Å². The van der Waals surface area contributed by atoms with Crippen LogP contribution in [0.4, 0.5) is 5.69 Å².